The Morgan fingerprint density at radius 1 is 0.909 bits per heavy atom. The molecule has 0 aliphatic carbocycles. The molecule has 0 radical (unpaired) electrons. The number of nitrogens with zero attached hydrogens (tertiary/aromatic N) is 3. The molecule has 3 unspecified atom stereocenters. The SMILES string of the molecule is CC(=O)OC1C(N=[N+]=[N-])COCC1OC(c1ccccc1)(c1ccccc1)c1ccccc1. The van der Waals surface area contributed by atoms with Gasteiger partial charge < -0.3 is 14.2 Å². The van der Waals surface area contributed by atoms with Gasteiger partial charge in [0.05, 0.1) is 13.2 Å². The van der Waals surface area contributed by atoms with Crippen LogP contribution in [0.25, 0.3) is 10.4 Å². The molecular weight excluding hydrogens is 418 g/mol. The molecule has 0 N–H and O–H groups in total. The largest absolute Gasteiger partial charge is 0.459 e. The summed E-state index contributed by atoms with van der Waals surface area (Å²) in [5, 5.41) is 3.81. The molecule has 1 aliphatic heterocycles. The number of hydrogen-bond acceptors (Lipinski definition) is 5. The lowest BCUT2D eigenvalue weighted by Crippen LogP contribution is -2.53. The van der Waals surface area contributed by atoms with Gasteiger partial charge in [-0.25, -0.2) is 0 Å². The molecule has 0 amide bonds. The molecule has 7 heteroatoms. The van der Waals surface area contributed by atoms with E-state index in [1.54, 1.807) is 0 Å². The molecule has 0 bridgehead atoms. The van der Waals surface area contributed by atoms with Crippen LogP contribution in [-0.2, 0) is 24.6 Å². The molecule has 4 rings (SSSR count). The van der Waals surface area contributed by atoms with Crippen molar-refractivity contribution in [2.24, 2.45) is 5.11 Å². The Morgan fingerprint density at radius 3 is 1.82 bits per heavy atom. The zero-order chi connectivity index (χ0) is 23.1. The molecule has 3 aromatic carbocycles. The van der Waals surface area contributed by atoms with Gasteiger partial charge in [-0.15, -0.1) is 0 Å². The van der Waals surface area contributed by atoms with E-state index >= 15 is 0 Å². The fourth-order valence-corrected chi connectivity index (χ4v) is 4.30. The lowest BCUT2D eigenvalue weighted by atomic mass is 9.79. The van der Waals surface area contributed by atoms with Crippen LogP contribution in [-0.4, -0.2) is 37.4 Å². The highest BCUT2D eigenvalue weighted by molar-refractivity contribution is 5.66. The van der Waals surface area contributed by atoms with Crippen LogP contribution in [0.4, 0.5) is 0 Å². The molecule has 3 aromatic rings. The summed E-state index contributed by atoms with van der Waals surface area (Å²) in [6.45, 7) is 1.67. The topological polar surface area (TPSA) is 93.5 Å². The van der Waals surface area contributed by atoms with Crippen LogP contribution in [0, 0.1) is 0 Å². The minimum Gasteiger partial charge on any atom is -0.459 e. The summed E-state index contributed by atoms with van der Waals surface area (Å²) < 4.78 is 18.3. The number of azide groups is 1. The monoisotopic (exact) mass is 443 g/mol. The summed E-state index contributed by atoms with van der Waals surface area (Å²) in [5.41, 5.74) is 10.8. The molecule has 168 valence electrons. The summed E-state index contributed by atoms with van der Waals surface area (Å²) in [6.07, 6.45) is -1.47. The van der Waals surface area contributed by atoms with E-state index in [2.05, 4.69) is 10.0 Å². The van der Waals surface area contributed by atoms with Gasteiger partial charge in [0.2, 0.25) is 0 Å². The molecule has 0 saturated carbocycles. The molecular formula is C26H25N3O4. The molecule has 1 aliphatic rings. The number of carbonyl (C=O) groups is 1. The van der Waals surface area contributed by atoms with E-state index in [1.807, 2.05) is 91.0 Å². The maximum Gasteiger partial charge on any atom is 0.303 e. The summed E-state index contributed by atoms with van der Waals surface area (Å²) in [7, 11) is 0. The average Bonchev–Trinajstić information content (AvgIpc) is 2.86. The van der Waals surface area contributed by atoms with Gasteiger partial charge in [0.15, 0.2) is 0 Å². The van der Waals surface area contributed by atoms with E-state index in [9.17, 15) is 4.79 Å². The van der Waals surface area contributed by atoms with Gasteiger partial charge in [-0.1, -0.05) is 96.1 Å². The summed E-state index contributed by atoms with van der Waals surface area (Å²) in [5.74, 6) is -0.474. The van der Waals surface area contributed by atoms with Gasteiger partial charge in [0.25, 0.3) is 0 Å². The van der Waals surface area contributed by atoms with Gasteiger partial charge in [-0.2, -0.15) is 0 Å². The van der Waals surface area contributed by atoms with E-state index in [-0.39, 0.29) is 13.2 Å². The predicted octanol–water partition coefficient (Wildman–Crippen LogP) is 5.00. The third-order valence-corrected chi connectivity index (χ3v) is 5.69. The summed E-state index contributed by atoms with van der Waals surface area (Å²) in [4.78, 5) is 14.8. The highest BCUT2D eigenvalue weighted by atomic mass is 16.6. The Bertz CT molecular complexity index is 1010. The lowest BCUT2D eigenvalue weighted by molar-refractivity contribution is -0.189. The molecule has 1 fully saturated rings. The van der Waals surface area contributed by atoms with Crippen molar-refractivity contribution < 1.29 is 19.0 Å². The van der Waals surface area contributed by atoms with Crippen molar-refractivity contribution in [3.63, 3.8) is 0 Å². The molecule has 1 saturated heterocycles. The fraction of sp³-hybridized carbons (Fsp3) is 0.269. The van der Waals surface area contributed by atoms with E-state index in [1.165, 1.54) is 6.92 Å². The van der Waals surface area contributed by atoms with Gasteiger partial charge in [0.1, 0.15) is 23.9 Å². The first-order chi connectivity index (χ1) is 16.1. The number of benzene rings is 3. The molecule has 33 heavy (non-hydrogen) atoms. The highest BCUT2D eigenvalue weighted by Crippen LogP contribution is 2.42. The average molecular weight is 444 g/mol. The standard InChI is InChI=1S/C26H25N3O4/c1-19(30)32-25-23(28-29-27)17-31-18-24(25)33-26(20-11-5-2-6-12-20,21-13-7-3-8-14-21)22-15-9-4-10-16-22/h2-16,23-25H,17-18H2,1H3. The summed E-state index contributed by atoms with van der Waals surface area (Å²) in [6, 6.07) is 29.0. The van der Waals surface area contributed by atoms with Gasteiger partial charge in [-0.3, -0.25) is 4.79 Å². The van der Waals surface area contributed by atoms with E-state index < -0.39 is 29.8 Å². The van der Waals surface area contributed by atoms with Gasteiger partial charge >= 0.3 is 5.97 Å². The maximum atomic E-state index is 11.9. The summed E-state index contributed by atoms with van der Waals surface area (Å²) >= 11 is 0. The van der Waals surface area contributed by atoms with Crippen LogP contribution in [0.2, 0.25) is 0 Å². The normalized spacial score (nSPS) is 20.5. The first-order valence-corrected chi connectivity index (χ1v) is 10.8. The number of hydrogen-bond donors (Lipinski definition) is 0. The quantitative estimate of drug-likeness (QED) is 0.169. The molecule has 3 atom stereocenters. The fourth-order valence-electron chi connectivity index (χ4n) is 4.30. The Morgan fingerprint density at radius 2 is 1.39 bits per heavy atom. The van der Waals surface area contributed by atoms with Crippen LogP contribution in [0.15, 0.2) is 96.1 Å². The molecule has 7 nitrogen and oxygen atoms in total. The lowest BCUT2D eigenvalue weighted by Gasteiger charge is -2.43. The molecule has 0 aromatic heterocycles. The zero-order valence-electron chi connectivity index (χ0n) is 18.3. The van der Waals surface area contributed by atoms with Crippen molar-refractivity contribution in [1.29, 1.82) is 0 Å². The van der Waals surface area contributed by atoms with Crippen LogP contribution in [0.3, 0.4) is 0 Å². The van der Waals surface area contributed by atoms with E-state index in [0.29, 0.717) is 0 Å². The minimum atomic E-state index is -1.02. The predicted molar refractivity (Wildman–Crippen MR) is 123 cm³/mol. The van der Waals surface area contributed by atoms with E-state index in [4.69, 9.17) is 19.7 Å². The number of rotatable bonds is 7. The third kappa shape index (κ3) is 4.76. The highest BCUT2D eigenvalue weighted by Gasteiger charge is 2.45. The van der Waals surface area contributed by atoms with Crippen LogP contribution >= 0.6 is 0 Å². The third-order valence-electron chi connectivity index (χ3n) is 5.69. The Labute approximate surface area is 192 Å². The minimum absolute atomic E-state index is 0.150. The van der Waals surface area contributed by atoms with Crippen molar-refractivity contribution in [2.75, 3.05) is 13.2 Å². The molecule has 0 spiro atoms. The van der Waals surface area contributed by atoms with Crippen molar-refractivity contribution in [3.05, 3.63) is 118 Å². The second-order valence-electron chi connectivity index (χ2n) is 7.82. The van der Waals surface area contributed by atoms with Crippen molar-refractivity contribution >= 4 is 5.97 Å². The first kappa shape index (κ1) is 22.6. The Hall–Kier alpha value is -3.64. The maximum absolute atomic E-state index is 11.9. The first-order valence-electron chi connectivity index (χ1n) is 10.8. The second-order valence-corrected chi connectivity index (χ2v) is 7.82. The Balaban J connectivity index is 1.89. The number of carbonyl (C=O) groups excluding carboxylic acids is 1. The van der Waals surface area contributed by atoms with Crippen molar-refractivity contribution in [3.8, 4) is 0 Å². The Kier molecular flexibility index (Phi) is 7.05. The van der Waals surface area contributed by atoms with Gasteiger partial charge in [-0.05, 0) is 22.2 Å². The van der Waals surface area contributed by atoms with Crippen LogP contribution < -0.4 is 0 Å². The zero-order valence-corrected chi connectivity index (χ0v) is 18.3. The number of esters is 1. The van der Waals surface area contributed by atoms with E-state index in [0.717, 1.165) is 16.7 Å². The smallest absolute Gasteiger partial charge is 0.303 e. The van der Waals surface area contributed by atoms with Crippen LogP contribution in [0.1, 0.15) is 23.6 Å². The van der Waals surface area contributed by atoms with Crippen LogP contribution in [0.5, 0.6) is 0 Å². The second kappa shape index (κ2) is 10.3. The van der Waals surface area contributed by atoms with Crippen molar-refractivity contribution in [1.82, 2.24) is 0 Å². The number of ether oxygens (including phenoxy) is 3. The molecule has 1 heterocycles. The van der Waals surface area contributed by atoms with Gasteiger partial charge in [0, 0.05) is 11.8 Å². The van der Waals surface area contributed by atoms with Crippen molar-refractivity contribution in [2.45, 2.75) is 30.8 Å².